The van der Waals surface area contributed by atoms with E-state index in [9.17, 15) is 13.2 Å². The average molecular weight is 329 g/mol. The molecule has 0 heterocycles. The quantitative estimate of drug-likeness (QED) is 0.684. The van der Waals surface area contributed by atoms with E-state index in [2.05, 4.69) is 0 Å². The van der Waals surface area contributed by atoms with Gasteiger partial charge in [0.1, 0.15) is 12.3 Å². The summed E-state index contributed by atoms with van der Waals surface area (Å²) in [4.78, 5) is 11.7. The van der Waals surface area contributed by atoms with Crippen molar-refractivity contribution in [2.75, 3.05) is 23.7 Å². The molecule has 0 amide bonds. The van der Waals surface area contributed by atoms with Gasteiger partial charge in [-0.25, -0.2) is 8.42 Å². The van der Waals surface area contributed by atoms with Gasteiger partial charge in [0, 0.05) is 0 Å². The van der Waals surface area contributed by atoms with Gasteiger partial charge in [-0.2, -0.15) is 0 Å². The zero-order chi connectivity index (χ0) is 16.8. The first-order chi connectivity index (χ1) is 10.2. The molecule has 0 aromatic heterocycles. The number of hydrogen-bond donors (Lipinski definition) is 0. The first-order valence-corrected chi connectivity index (χ1v) is 8.99. The molecule has 0 radical (unpaired) electrons. The predicted molar refractivity (Wildman–Crippen MR) is 85.6 cm³/mol. The molecule has 0 atom stereocenters. The van der Waals surface area contributed by atoms with Crippen molar-refractivity contribution in [3.8, 4) is 5.75 Å². The molecule has 0 aliphatic heterocycles. The SMILES string of the molecule is CCCOc1ccc(N(CC(=O)OC(C)C)S(C)(=O)=O)cc1. The molecule has 1 rings (SSSR count). The van der Waals surface area contributed by atoms with Crippen LogP contribution in [-0.4, -0.2) is 39.9 Å². The van der Waals surface area contributed by atoms with E-state index in [-0.39, 0.29) is 12.6 Å². The number of ether oxygens (including phenoxy) is 2. The number of rotatable bonds is 8. The Bertz CT molecular complexity index is 580. The lowest BCUT2D eigenvalue weighted by Gasteiger charge is -2.22. The Morgan fingerprint density at radius 3 is 2.27 bits per heavy atom. The van der Waals surface area contributed by atoms with Gasteiger partial charge in [0.05, 0.1) is 24.7 Å². The first-order valence-electron chi connectivity index (χ1n) is 7.14. The van der Waals surface area contributed by atoms with Gasteiger partial charge in [-0.1, -0.05) is 6.92 Å². The second-order valence-corrected chi connectivity index (χ2v) is 7.06. The minimum atomic E-state index is -3.59. The summed E-state index contributed by atoms with van der Waals surface area (Å²) in [6.07, 6.45) is 1.65. The number of esters is 1. The van der Waals surface area contributed by atoms with Crippen LogP contribution in [-0.2, 0) is 19.6 Å². The van der Waals surface area contributed by atoms with Crippen molar-refractivity contribution >= 4 is 21.7 Å². The highest BCUT2D eigenvalue weighted by molar-refractivity contribution is 7.92. The Balaban J connectivity index is 2.91. The number of carbonyl (C=O) groups is 1. The van der Waals surface area contributed by atoms with Crippen molar-refractivity contribution in [1.29, 1.82) is 0 Å². The standard InChI is InChI=1S/C15H23NO5S/c1-5-10-20-14-8-6-13(7-9-14)16(22(4,18)19)11-15(17)21-12(2)3/h6-9,12H,5,10-11H2,1-4H3. The fourth-order valence-corrected chi connectivity index (χ4v) is 2.59. The third-order valence-electron chi connectivity index (χ3n) is 2.64. The summed E-state index contributed by atoms with van der Waals surface area (Å²) in [6.45, 7) is 5.66. The Hall–Kier alpha value is -1.76. The Labute approximate surface area is 132 Å². The molecule has 1 aromatic carbocycles. The highest BCUT2D eigenvalue weighted by Gasteiger charge is 2.22. The molecular formula is C15H23NO5S. The number of hydrogen-bond acceptors (Lipinski definition) is 5. The van der Waals surface area contributed by atoms with Crippen LogP contribution in [0.5, 0.6) is 5.75 Å². The lowest BCUT2D eigenvalue weighted by molar-refractivity contribution is -0.145. The maximum atomic E-state index is 11.9. The van der Waals surface area contributed by atoms with Gasteiger partial charge in [0.15, 0.2) is 0 Å². The predicted octanol–water partition coefficient (Wildman–Crippen LogP) is 2.19. The van der Waals surface area contributed by atoms with Gasteiger partial charge in [0.2, 0.25) is 10.0 Å². The van der Waals surface area contributed by atoms with Crippen LogP contribution in [0.2, 0.25) is 0 Å². The molecule has 124 valence electrons. The minimum absolute atomic E-state index is 0.293. The number of sulfonamides is 1. The Morgan fingerprint density at radius 2 is 1.82 bits per heavy atom. The van der Waals surface area contributed by atoms with Crippen LogP contribution in [0.4, 0.5) is 5.69 Å². The molecule has 0 spiro atoms. The molecule has 7 heteroatoms. The average Bonchev–Trinajstić information content (AvgIpc) is 2.41. The second kappa shape index (κ2) is 8.03. The van der Waals surface area contributed by atoms with Gasteiger partial charge in [0.25, 0.3) is 0 Å². The van der Waals surface area contributed by atoms with Crippen LogP contribution in [0.3, 0.4) is 0 Å². The molecule has 0 unspecified atom stereocenters. The molecule has 0 aliphatic rings. The maximum absolute atomic E-state index is 11.9. The fraction of sp³-hybridized carbons (Fsp3) is 0.533. The minimum Gasteiger partial charge on any atom is -0.494 e. The summed E-state index contributed by atoms with van der Waals surface area (Å²) in [5.41, 5.74) is 0.395. The molecule has 0 aliphatic carbocycles. The Morgan fingerprint density at radius 1 is 1.23 bits per heavy atom. The molecule has 22 heavy (non-hydrogen) atoms. The van der Waals surface area contributed by atoms with Crippen molar-refractivity contribution in [1.82, 2.24) is 0 Å². The van der Waals surface area contributed by atoms with E-state index in [4.69, 9.17) is 9.47 Å². The van der Waals surface area contributed by atoms with Gasteiger partial charge in [-0.15, -0.1) is 0 Å². The van der Waals surface area contributed by atoms with Crippen molar-refractivity contribution in [2.45, 2.75) is 33.3 Å². The van der Waals surface area contributed by atoms with Crippen LogP contribution < -0.4 is 9.04 Å². The smallest absolute Gasteiger partial charge is 0.327 e. The fourth-order valence-electron chi connectivity index (χ4n) is 1.75. The highest BCUT2D eigenvalue weighted by atomic mass is 32.2. The summed E-state index contributed by atoms with van der Waals surface area (Å²) in [6, 6.07) is 6.57. The van der Waals surface area contributed by atoms with E-state index in [1.807, 2.05) is 6.92 Å². The van der Waals surface area contributed by atoms with E-state index in [1.54, 1.807) is 38.1 Å². The molecule has 6 nitrogen and oxygen atoms in total. The highest BCUT2D eigenvalue weighted by Crippen LogP contribution is 2.21. The monoisotopic (exact) mass is 329 g/mol. The van der Waals surface area contributed by atoms with Crippen LogP contribution in [0.15, 0.2) is 24.3 Å². The van der Waals surface area contributed by atoms with Gasteiger partial charge in [-0.3, -0.25) is 9.10 Å². The summed E-state index contributed by atoms with van der Waals surface area (Å²) in [7, 11) is -3.59. The van der Waals surface area contributed by atoms with Crippen molar-refractivity contribution < 1.29 is 22.7 Å². The van der Waals surface area contributed by atoms with Crippen LogP contribution in [0.25, 0.3) is 0 Å². The molecule has 0 N–H and O–H groups in total. The van der Waals surface area contributed by atoms with Crippen LogP contribution >= 0.6 is 0 Å². The van der Waals surface area contributed by atoms with Gasteiger partial charge in [-0.05, 0) is 44.5 Å². The lowest BCUT2D eigenvalue weighted by atomic mass is 10.3. The topological polar surface area (TPSA) is 72.9 Å². The van der Waals surface area contributed by atoms with Crippen LogP contribution in [0.1, 0.15) is 27.2 Å². The van der Waals surface area contributed by atoms with E-state index in [0.29, 0.717) is 18.0 Å². The molecule has 1 aromatic rings. The zero-order valence-corrected chi connectivity index (χ0v) is 14.2. The first kappa shape index (κ1) is 18.3. The maximum Gasteiger partial charge on any atom is 0.327 e. The van der Waals surface area contributed by atoms with Gasteiger partial charge < -0.3 is 9.47 Å². The number of anilines is 1. The number of nitrogens with zero attached hydrogens (tertiary/aromatic N) is 1. The molecular weight excluding hydrogens is 306 g/mol. The van der Waals surface area contributed by atoms with Crippen LogP contribution in [0, 0.1) is 0 Å². The molecule has 0 saturated heterocycles. The van der Waals surface area contributed by atoms with Crippen molar-refractivity contribution in [2.24, 2.45) is 0 Å². The van der Waals surface area contributed by atoms with Gasteiger partial charge >= 0.3 is 5.97 Å². The summed E-state index contributed by atoms with van der Waals surface area (Å²) >= 11 is 0. The molecule has 0 bridgehead atoms. The summed E-state index contributed by atoms with van der Waals surface area (Å²) < 4.78 is 35.3. The molecule has 0 fully saturated rings. The van der Waals surface area contributed by atoms with E-state index in [0.717, 1.165) is 17.0 Å². The largest absolute Gasteiger partial charge is 0.494 e. The molecule has 0 saturated carbocycles. The van der Waals surface area contributed by atoms with Crippen molar-refractivity contribution in [3.05, 3.63) is 24.3 Å². The summed E-state index contributed by atoms with van der Waals surface area (Å²) in [5, 5.41) is 0. The van der Waals surface area contributed by atoms with E-state index < -0.39 is 16.0 Å². The van der Waals surface area contributed by atoms with E-state index >= 15 is 0 Å². The number of carbonyl (C=O) groups excluding carboxylic acids is 1. The number of benzene rings is 1. The Kier molecular flexibility index (Phi) is 6.67. The second-order valence-electron chi connectivity index (χ2n) is 5.15. The lowest BCUT2D eigenvalue weighted by Crippen LogP contribution is -2.36. The zero-order valence-electron chi connectivity index (χ0n) is 13.4. The van der Waals surface area contributed by atoms with E-state index in [1.165, 1.54) is 0 Å². The third-order valence-corrected chi connectivity index (χ3v) is 3.78. The summed E-state index contributed by atoms with van der Waals surface area (Å²) in [5.74, 6) is 0.0653. The van der Waals surface area contributed by atoms with Crippen molar-refractivity contribution in [3.63, 3.8) is 0 Å². The normalized spacial score (nSPS) is 11.3. The third kappa shape index (κ3) is 5.93.